The second-order valence-electron chi connectivity index (χ2n) is 9.10. The van der Waals surface area contributed by atoms with E-state index >= 15 is 0 Å². The van der Waals surface area contributed by atoms with Gasteiger partial charge in [-0.1, -0.05) is 12.1 Å². The standard InChI is InChI=1S/C25H33N3O8S2/c1-34-21-7-10-23(35-2)24(16-21)38(32,33)28-11-3-4-20(18-28)25(29)26-17-19-5-8-22(9-6-19)37(30,31)27-12-14-36-15-13-27/h5-10,16,20H,3-4,11-15,17-18H2,1-2H3,(H,26,29)/t20-/m0/s1. The summed E-state index contributed by atoms with van der Waals surface area (Å²) in [6.45, 7) is 1.92. The van der Waals surface area contributed by atoms with Crippen molar-refractivity contribution >= 4 is 26.0 Å². The lowest BCUT2D eigenvalue weighted by atomic mass is 9.99. The van der Waals surface area contributed by atoms with Crippen molar-refractivity contribution < 1.29 is 35.8 Å². The molecule has 0 bridgehead atoms. The van der Waals surface area contributed by atoms with Crippen LogP contribution >= 0.6 is 0 Å². The Bertz CT molecular complexity index is 1340. The summed E-state index contributed by atoms with van der Waals surface area (Å²) in [5.74, 6) is -0.181. The third-order valence-electron chi connectivity index (χ3n) is 6.74. The van der Waals surface area contributed by atoms with E-state index in [2.05, 4.69) is 5.32 Å². The van der Waals surface area contributed by atoms with E-state index in [1.807, 2.05) is 0 Å². The number of hydrogen-bond donors (Lipinski definition) is 1. The van der Waals surface area contributed by atoms with Gasteiger partial charge in [-0.3, -0.25) is 4.79 Å². The van der Waals surface area contributed by atoms with Crippen LogP contribution in [0.3, 0.4) is 0 Å². The lowest BCUT2D eigenvalue weighted by molar-refractivity contribution is -0.126. The predicted octanol–water partition coefficient (Wildman–Crippen LogP) is 1.44. The van der Waals surface area contributed by atoms with Crippen LogP contribution in [0.5, 0.6) is 11.5 Å². The van der Waals surface area contributed by atoms with Gasteiger partial charge in [0.15, 0.2) is 0 Å². The normalized spacial score (nSPS) is 19.6. The summed E-state index contributed by atoms with van der Waals surface area (Å²) in [6.07, 6.45) is 1.10. The summed E-state index contributed by atoms with van der Waals surface area (Å²) in [5.41, 5.74) is 0.737. The molecule has 2 aromatic rings. The third kappa shape index (κ3) is 6.12. The van der Waals surface area contributed by atoms with Gasteiger partial charge in [-0.15, -0.1) is 0 Å². The minimum absolute atomic E-state index is 0.00692. The number of rotatable bonds is 9. The van der Waals surface area contributed by atoms with Crippen molar-refractivity contribution in [1.29, 1.82) is 0 Å². The zero-order chi connectivity index (χ0) is 27.3. The molecular formula is C25H33N3O8S2. The van der Waals surface area contributed by atoms with Gasteiger partial charge in [-0.05, 0) is 42.7 Å². The van der Waals surface area contributed by atoms with Crippen molar-refractivity contribution in [2.24, 2.45) is 5.92 Å². The molecule has 0 aromatic heterocycles. The monoisotopic (exact) mass is 567 g/mol. The van der Waals surface area contributed by atoms with E-state index in [0.717, 1.165) is 5.56 Å². The van der Waals surface area contributed by atoms with Crippen LogP contribution in [0.4, 0.5) is 0 Å². The number of hydrogen-bond acceptors (Lipinski definition) is 8. The second kappa shape index (κ2) is 12.0. The number of methoxy groups -OCH3 is 2. The van der Waals surface area contributed by atoms with Gasteiger partial charge in [0.2, 0.25) is 26.0 Å². The summed E-state index contributed by atoms with van der Waals surface area (Å²) >= 11 is 0. The summed E-state index contributed by atoms with van der Waals surface area (Å²) in [5, 5.41) is 2.86. The van der Waals surface area contributed by atoms with Gasteiger partial charge in [0.1, 0.15) is 16.4 Å². The van der Waals surface area contributed by atoms with Crippen molar-refractivity contribution in [3.05, 3.63) is 48.0 Å². The number of nitrogens with one attached hydrogen (secondary N) is 1. The van der Waals surface area contributed by atoms with E-state index in [0.29, 0.717) is 51.4 Å². The van der Waals surface area contributed by atoms with E-state index in [9.17, 15) is 21.6 Å². The van der Waals surface area contributed by atoms with Gasteiger partial charge in [0, 0.05) is 38.8 Å². The summed E-state index contributed by atoms with van der Waals surface area (Å²) in [6, 6.07) is 11.0. The quantitative estimate of drug-likeness (QED) is 0.482. The minimum atomic E-state index is -3.92. The SMILES string of the molecule is COc1ccc(OC)c(S(=O)(=O)N2CCC[C@H](C(=O)NCc3ccc(S(=O)(=O)N4CCOCC4)cc3)C2)c1. The Morgan fingerprint density at radius 1 is 0.947 bits per heavy atom. The largest absolute Gasteiger partial charge is 0.497 e. The predicted molar refractivity (Wildman–Crippen MR) is 139 cm³/mol. The molecule has 38 heavy (non-hydrogen) atoms. The van der Waals surface area contributed by atoms with Crippen LogP contribution in [0.15, 0.2) is 52.3 Å². The molecule has 1 atom stereocenters. The number of benzene rings is 2. The summed E-state index contributed by atoms with van der Waals surface area (Å²) in [7, 11) is -4.66. The first kappa shape index (κ1) is 28.3. The van der Waals surface area contributed by atoms with Gasteiger partial charge in [0.05, 0.1) is 38.2 Å². The van der Waals surface area contributed by atoms with Crippen LogP contribution in [0.25, 0.3) is 0 Å². The van der Waals surface area contributed by atoms with Gasteiger partial charge < -0.3 is 19.5 Å². The highest BCUT2D eigenvalue weighted by molar-refractivity contribution is 7.89. The molecule has 0 aliphatic carbocycles. The lowest BCUT2D eigenvalue weighted by Gasteiger charge is -2.31. The summed E-state index contributed by atoms with van der Waals surface area (Å²) < 4.78 is 70.8. The lowest BCUT2D eigenvalue weighted by Crippen LogP contribution is -2.45. The molecule has 11 nitrogen and oxygen atoms in total. The minimum Gasteiger partial charge on any atom is -0.497 e. The van der Waals surface area contributed by atoms with Gasteiger partial charge in [-0.2, -0.15) is 8.61 Å². The van der Waals surface area contributed by atoms with Gasteiger partial charge in [0.25, 0.3) is 0 Å². The molecule has 2 saturated heterocycles. The fourth-order valence-corrected chi connectivity index (χ4v) is 7.65. The Kier molecular flexibility index (Phi) is 8.93. The van der Waals surface area contributed by atoms with E-state index in [-0.39, 0.29) is 34.5 Å². The Morgan fingerprint density at radius 3 is 2.32 bits per heavy atom. The number of ether oxygens (including phenoxy) is 3. The highest BCUT2D eigenvalue weighted by Crippen LogP contribution is 2.32. The van der Waals surface area contributed by atoms with Gasteiger partial charge in [-0.25, -0.2) is 16.8 Å². The molecule has 1 amide bonds. The van der Waals surface area contributed by atoms with Crippen molar-refractivity contribution in [3.8, 4) is 11.5 Å². The van der Waals surface area contributed by atoms with Crippen LogP contribution in [0, 0.1) is 5.92 Å². The molecule has 0 saturated carbocycles. The van der Waals surface area contributed by atoms with Crippen LogP contribution in [-0.2, 0) is 36.1 Å². The molecule has 0 unspecified atom stereocenters. The molecule has 2 aliphatic rings. The zero-order valence-electron chi connectivity index (χ0n) is 21.5. The molecule has 2 aliphatic heterocycles. The van der Waals surface area contributed by atoms with Crippen molar-refractivity contribution in [3.63, 3.8) is 0 Å². The Balaban J connectivity index is 1.38. The molecular weight excluding hydrogens is 534 g/mol. The maximum Gasteiger partial charge on any atom is 0.246 e. The molecule has 1 N–H and O–H groups in total. The van der Waals surface area contributed by atoms with E-state index in [4.69, 9.17) is 14.2 Å². The number of carbonyl (C=O) groups excluding carboxylic acids is 1. The highest BCUT2D eigenvalue weighted by atomic mass is 32.2. The number of amides is 1. The maximum atomic E-state index is 13.4. The highest BCUT2D eigenvalue weighted by Gasteiger charge is 2.35. The number of nitrogens with zero attached hydrogens (tertiary/aromatic N) is 2. The number of sulfonamides is 2. The smallest absolute Gasteiger partial charge is 0.246 e. The fraction of sp³-hybridized carbons (Fsp3) is 0.480. The number of morpholine rings is 1. The first-order valence-electron chi connectivity index (χ1n) is 12.3. The van der Waals surface area contributed by atoms with Crippen molar-refractivity contribution in [2.45, 2.75) is 29.2 Å². The van der Waals surface area contributed by atoms with E-state index < -0.39 is 26.0 Å². The van der Waals surface area contributed by atoms with Crippen molar-refractivity contribution in [2.75, 3.05) is 53.6 Å². The topological polar surface area (TPSA) is 132 Å². The molecule has 0 radical (unpaired) electrons. The fourth-order valence-electron chi connectivity index (χ4n) is 4.55. The maximum absolute atomic E-state index is 13.4. The van der Waals surface area contributed by atoms with Crippen LogP contribution < -0.4 is 14.8 Å². The first-order chi connectivity index (χ1) is 18.2. The Labute approximate surface area is 223 Å². The average molecular weight is 568 g/mol. The Morgan fingerprint density at radius 2 is 1.66 bits per heavy atom. The molecule has 2 aromatic carbocycles. The zero-order valence-corrected chi connectivity index (χ0v) is 23.1. The number of carbonyl (C=O) groups is 1. The van der Waals surface area contributed by atoms with Crippen LogP contribution in [-0.4, -0.2) is 85.0 Å². The number of piperidine rings is 1. The van der Waals surface area contributed by atoms with Crippen molar-refractivity contribution in [1.82, 2.24) is 13.9 Å². The van der Waals surface area contributed by atoms with Gasteiger partial charge >= 0.3 is 0 Å². The van der Waals surface area contributed by atoms with Crippen LogP contribution in [0.1, 0.15) is 18.4 Å². The average Bonchev–Trinajstić information content (AvgIpc) is 2.96. The Hall–Kier alpha value is -2.71. The van der Waals surface area contributed by atoms with E-state index in [1.165, 1.54) is 47.1 Å². The van der Waals surface area contributed by atoms with Crippen LogP contribution in [0.2, 0.25) is 0 Å². The molecule has 2 fully saturated rings. The molecule has 2 heterocycles. The molecule has 0 spiro atoms. The third-order valence-corrected chi connectivity index (χ3v) is 10.5. The molecule has 13 heteroatoms. The molecule has 208 valence electrons. The van der Waals surface area contributed by atoms with E-state index in [1.54, 1.807) is 18.2 Å². The second-order valence-corrected chi connectivity index (χ2v) is 12.9. The first-order valence-corrected chi connectivity index (χ1v) is 15.2. The summed E-state index contributed by atoms with van der Waals surface area (Å²) in [4.78, 5) is 13.1. The molecule has 4 rings (SSSR count).